The minimum Gasteiger partial charge on any atom is -0.337 e. The van der Waals surface area contributed by atoms with Gasteiger partial charge in [-0.1, -0.05) is 0 Å². The van der Waals surface area contributed by atoms with Gasteiger partial charge in [-0.05, 0) is 48.9 Å². The Morgan fingerprint density at radius 3 is 2.30 bits per heavy atom. The van der Waals surface area contributed by atoms with E-state index in [0.29, 0.717) is 24.2 Å². The van der Waals surface area contributed by atoms with Crippen molar-refractivity contribution in [3.63, 3.8) is 0 Å². The van der Waals surface area contributed by atoms with E-state index in [9.17, 15) is 18.0 Å². The fourth-order valence-electron chi connectivity index (χ4n) is 4.44. The lowest BCUT2D eigenvalue weighted by atomic mass is 9.98. The van der Waals surface area contributed by atoms with Gasteiger partial charge >= 0.3 is 6.18 Å². The molecular formula is C17H19F3N2O. The summed E-state index contributed by atoms with van der Waals surface area (Å²) in [6, 6.07) is 3.93. The van der Waals surface area contributed by atoms with Gasteiger partial charge in [-0.15, -0.1) is 0 Å². The van der Waals surface area contributed by atoms with Gasteiger partial charge in [0, 0.05) is 37.8 Å². The number of amides is 1. The number of halogens is 3. The fourth-order valence-corrected chi connectivity index (χ4v) is 4.44. The van der Waals surface area contributed by atoms with E-state index in [2.05, 4.69) is 4.90 Å². The molecule has 0 radical (unpaired) electrons. The third-order valence-electron chi connectivity index (χ3n) is 5.56. The highest BCUT2D eigenvalue weighted by molar-refractivity contribution is 5.98. The molecule has 23 heavy (non-hydrogen) atoms. The molecule has 2 bridgehead atoms. The van der Waals surface area contributed by atoms with Crippen LogP contribution in [-0.2, 0) is 19.3 Å². The lowest BCUT2D eigenvalue weighted by Crippen LogP contribution is -2.28. The van der Waals surface area contributed by atoms with Crippen LogP contribution < -0.4 is 0 Å². The molecule has 2 fully saturated rings. The molecule has 3 aliphatic heterocycles. The van der Waals surface area contributed by atoms with Crippen LogP contribution in [0, 0.1) is 0 Å². The lowest BCUT2D eigenvalue weighted by molar-refractivity contribution is -0.138. The van der Waals surface area contributed by atoms with E-state index in [4.69, 9.17) is 0 Å². The van der Waals surface area contributed by atoms with E-state index in [1.807, 2.05) is 0 Å². The maximum Gasteiger partial charge on any atom is 0.416 e. The smallest absolute Gasteiger partial charge is 0.337 e. The second-order valence-corrected chi connectivity index (χ2v) is 6.96. The van der Waals surface area contributed by atoms with Gasteiger partial charge in [0.25, 0.3) is 5.91 Å². The van der Waals surface area contributed by atoms with Crippen molar-refractivity contribution in [3.8, 4) is 0 Å². The summed E-state index contributed by atoms with van der Waals surface area (Å²) in [4.78, 5) is 15.8. The molecule has 6 heteroatoms. The first kappa shape index (κ1) is 15.0. The third-order valence-corrected chi connectivity index (χ3v) is 5.56. The third kappa shape index (κ3) is 2.35. The van der Waals surface area contributed by atoms with E-state index in [1.54, 1.807) is 13.1 Å². The average Bonchev–Trinajstić information content (AvgIpc) is 3.13. The van der Waals surface area contributed by atoms with E-state index < -0.39 is 11.7 Å². The molecule has 124 valence electrons. The summed E-state index contributed by atoms with van der Waals surface area (Å²) in [7, 11) is 1.54. The van der Waals surface area contributed by atoms with Gasteiger partial charge < -0.3 is 4.90 Å². The van der Waals surface area contributed by atoms with Crippen LogP contribution >= 0.6 is 0 Å². The van der Waals surface area contributed by atoms with E-state index in [-0.39, 0.29) is 23.6 Å². The normalized spacial score (nSPS) is 27.1. The summed E-state index contributed by atoms with van der Waals surface area (Å²) in [5.41, 5.74) is 0.315. The number of benzene rings is 1. The standard InChI is InChI=1S/C17H19F3N2O/c1-21-9-14-13(16(21)23)6-10(7-15(14)17(18,19)20)8-22-11-2-3-12(22)5-4-11/h6-7,11-12H,2-5,8-9H2,1H3. The molecule has 2 saturated heterocycles. The van der Waals surface area contributed by atoms with Crippen LogP contribution in [-0.4, -0.2) is 34.8 Å². The molecule has 0 saturated carbocycles. The molecular weight excluding hydrogens is 305 g/mol. The van der Waals surface area contributed by atoms with Gasteiger partial charge in [0.15, 0.2) is 0 Å². The van der Waals surface area contributed by atoms with Crippen LogP contribution in [0.15, 0.2) is 12.1 Å². The Morgan fingerprint density at radius 1 is 1.13 bits per heavy atom. The van der Waals surface area contributed by atoms with Crippen molar-refractivity contribution < 1.29 is 18.0 Å². The fraction of sp³-hybridized carbons (Fsp3) is 0.588. The zero-order valence-electron chi connectivity index (χ0n) is 13.0. The van der Waals surface area contributed by atoms with Gasteiger partial charge in [0.2, 0.25) is 0 Å². The average molecular weight is 324 g/mol. The highest BCUT2D eigenvalue weighted by atomic mass is 19.4. The maximum atomic E-state index is 13.4. The van der Waals surface area contributed by atoms with E-state index >= 15 is 0 Å². The van der Waals surface area contributed by atoms with Crippen LogP contribution in [0.3, 0.4) is 0 Å². The zero-order chi connectivity index (χ0) is 16.4. The summed E-state index contributed by atoms with van der Waals surface area (Å²) in [6.07, 6.45) is 0.148. The number of hydrogen-bond acceptors (Lipinski definition) is 2. The lowest BCUT2D eigenvalue weighted by Gasteiger charge is -2.23. The van der Waals surface area contributed by atoms with Gasteiger partial charge in [0.05, 0.1) is 5.56 Å². The Bertz CT molecular complexity index is 651. The van der Waals surface area contributed by atoms with Crippen molar-refractivity contribution >= 4 is 5.91 Å². The quantitative estimate of drug-likeness (QED) is 0.832. The second kappa shape index (κ2) is 4.97. The first-order chi connectivity index (χ1) is 10.8. The van der Waals surface area contributed by atoms with Crippen molar-refractivity contribution in [2.24, 2.45) is 0 Å². The Balaban J connectivity index is 1.72. The minimum atomic E-state index is -4.42. The van der Waals surface area contributed by atoms with E-state index in [0.717, 1.165) is 25.7 Å². The largest absolute Gasteiger partial charge is 0.416 e. The Morgan fingerprint density at radius 2 is 1.74 bits per heavy atom. The van der Waals surface area contributed by atoms with Crippen LogP contribution in [0.2, 0.25) is 0 Å². The van der Waals surface area contributed by atoms with Gasteiger partial charge in [-0.2, -0.15) is 13.2 Å². The predicted octanol–water partition coefficient (Wildman–Crippen LogP) is 3.42. The van der Waals surface area contributed by atoms with Crippen molar-refractivity contribution in [3.05, 3.63) is 34.4 Å². The predicted molar refractivity (Wildman–Crippen MR) is 78.8 cm³/mol. The summed E-state index contributed by atoms with van der Waals surface area (Å²) in [6.45, 7) is 0.556. The molecule has 3 nitrogen and oxygen atoms in total. The highest BCUT2D eigenvalue weighted by Crippen LogP contribution is 2.41. The maximum absolute atomic E-state index is 13.4. The molecule has 0 spiro atoms. The Kier molecular flexibility index (Phi) is 3.24. The monoisotopic (exact) mass is 324 g/mol. The molecule has 0 aliphatic carbocycles. The topological polar surface area (TPSA) is 23.6 Å². The zero-order valence-corrected chi connectivity index (χ0v) is 13.0. The first-order valence-corrected chi connectivity index (χ1v) is 8.09. The van der Waals surface area contributed by atoms with Gasteiger partial charge in [0.1, 0.15) is 0 Å². The van der Waals surface area contributed by atoms with Gasteiger partial charge in [-0.3, -0.25) is 9.69 Å². The van der Waals surface area contributed by atoms with E-state index in [1.165, 1.54) is 11.0 Å². The molecule has 1 amide bonds. The second-order valence-electron chi connectivity index (χ2n) is 6.96. The Labute approximate surface area is 133 Å². The van der Waals surface area contributed by atoms with Crippen LogP contribution in [0.25, 0.3) is 0 Å². The molecule has 4 rings (SSSR count). The molecule has 1 aromatic rings. The molecule has 0 aromatic heterocycles. The van der Waals surface area contributed by atoms with Crippen LogP contribution in [0.4, 0.5) is 13.2 Å². The SMILES string of the molecule is CN1Cc2c(cc(CN3C4CCC3CC4)cc2C(F)(F)F)C1=O. The number of nitrogens with zero attached hydrogens (tertiary/aromatic N) is 2. The molecule has 3 aliphatic rings. The summed E-state index contributed by atoms with van der Waals surface area (Å²) >= 11 is 0. The molecule has 3 heterocycles. The summed E-state index contributed by atoms with van der Waals surface area (Å²) < 4.78 is 40.2. The molecule has 0 N–H and O–H groups in total. The molecule has 0 atom stereocenters. The molecule has 1 aromatic carbocycles. The first-order valence-electron chi connectivity index (χ1n) is 8.09. The number of hydrogen-bond donors (Lipinski definition) is 0. The number of fused-ring (bicyclic) bond motifs is 3. The highest BCUT2D eigenvalue weighted by Gasteiger charge is 2.41. The number of rotatable bonds is 2. The van der Waals surface area contributed by atoms with Crippen molar-refractivity contribution in [1.29, 1.82) is 0 Å². The minimum absolute atomic E-state index is 0.0399. The van der Waals surface area contributed by atoms with Crippen LogP contribution in [0.5, 0.6) is 0 Å². The summed E-state index contributed by atoms with van der Waals surface area (Å²) in [5.74, 6) is -0.309. The number of carbonyl (C=O) groups is 1. The van der Waals surface area contributed by atoms with Crippen molar-refractivity contribution in [2.45, 2.75) is 57.0 Å². The number of carbonyl (C=O) groups excluding carboxylic acids is 1. The van der Waals surface area contributed by atoms with Crippen LogP contribution in [0.1, 0.15) is 52.7 Å². The van der Waals surface area contributed by atoms with Crippen molar-refractivity contribution in [1.82, 2.24) is 9.80 Å². The molecule has 0 unspecified atom stereocenters. The van der Waals surface area contributed by atoms with Gasteiger partial charge in [-0.25, -0.2) is 0 Å². The number of alkyl halides is 3. The Hall–Kier alpha value is -1.56. The summed E-state index contributed by atoms with van der Waals surface area (Å²) in [5, 5.41) is 0. The van der Waals surface area contributed by atoms with Crippen molar-refractivity contribution in [2.75, 3.05) is 7.05 Å².